The Morgan fingerprint density at radius 3 is 2.58 bits per heavy atom. The number of carboxylic acid groups (broad SMARTS) is 1. The second-order valence-electron chi connectivity index (χ2n) is 5.38. The molecule has 0 aromatic heterocycles. The minimum atomic E-state index is -0.690. The molecule has 0 spiro atoms. The number of anilines is 1. The van der Waals surface area contributed by atoms with Gasteiger partial charge in [0.25, 0.3) is 0 Å². The lowest BCUT2D eigenvalue weighted by Gasteiger charge is -2.32. The number of carbonyl (C=O) groups is 1. The lowest BCUT2D eigenvalue weighted by Crippen LogP contribution is -2.43. The topological polar surface area (TPSA) is 43.8 Å². The molecule has 4 nitrogen and oxygen atoms in total. The quantitative estimate of drug-likeness (QED) is 0.903. The average molecular weight is 262 g/mol. The summed E-state index contributed by atoms with van der Waals surface area (Å²) in [6.45, 7) is 1.61. The number of likely N-dealkylation sites (tertiary alicyclic amines) is 1. The van der Waals surface area contributed by atoms with Crippen molar-refractivity contribution in [1.29, 1.82) is 0 Å². The van der Waals surface area contributed by atoms with Crippen LogP contribution in [-0.4, -0.2) is 42.7 Å². The summed E-state index contributed by atoms with van der Waals surface area (Å²) in [6, 6.07) is 8.01. The summed E-state index contributed by atoms with van der Waals surface area (Å²) in [5.74, 6) is -0.690. The van der Waals surface area contributed by atoms with E-state index in [4.69, 9.17) is 0 Å². The zero-order valence-corrected chi connectivity index (χ0v) is 11.7. The van der Waals surface area contributed by atoms with Crippen molar-refractivity contribution in [1.82, 2.24) is 4.90 Å². The third kappa shape index (κ3) is 3.47. The van der Waals surface area contributed by atoms with Crippen LogP contribution in [0.5, 0.6) is 0 Å². The van der Waals surface area contributed by atoms with Crippen LogP contribution < -0.4 is 4.90 Å². The molecule has 1 aromatic rings. The molecule has 1 unspecified atom stereocenters. The van der Waals surface area contributed by atoms with Crippen LogP contribution in [0.1, 0.15) is 24.8 Å². The van der Waals surface area contributed by atoms with Crippen LogP contribution in [0.15, 0.2) is 24.3 Å². The summed E-state index contributed by atoms with van der Waals surface area (Å²) in [5.41, 5.74) is 2.34. The van der Waals surface area contributed by atoms with Gasteiger partial charge in [-0.3, -0.25) is 9.69 Å². The molecular formula is C15H22N2O2. The number of benzene rings is 1. The van der Waals surface area contributed by atoms with Gasteiger partial charge < -0.3 is 10.0 Å². The van der Waals surface area contributed by atoms with E-state index in [-0.39, 0.29) is 6.04 Å². The maximum atomic E-state index is 11.3. The van der Waals surface area contributed by atoms with Crippen LogP contribution in [0.2, 0.25) is 0 Å². The SMILES string of the molecule is CN(C)c1ccc(CN2CCCCC2C(=O)O)cc1. The highest BCUT2D eigenvalue weighted by molar-refractivity contribution is 5.73. The van der Waals surface area contributed by atoms with Crippen LogP contribution in [0, 0.1) is 0 Å². The number of rotatable bonds is 4. The van der Waals surface area contributed by atoms with Crippen molar-refractivity contribution in [2.24, 2.45) is 0 Å². The van der Waals surface area contributed by atoms with Gasteiger partial charge in [0.1, 0.15) is 6.04 Å². The van der Waals surface area contributed by atoms with Gasteiger partial charge in [0, 0.05) is 26.3 Å². The lowest BCUT2D eigenvalue weighted by atomic mass is 10.0. The highest BCUT2D eigenvalue weighted by Gasteiger charge is 2.28. The summed E-state index contributed by atoms with van der Waals surface area (Å²) in [7, 11) is 4.03. The van der Waals surface area contributed by atoms with Gasteiger partial charge in [-0.2, -0.15) is 0 Å². The molecule has 0 aliphatic carbocycles. The molecular weight excluding hydrogens is 240 g/mol. The van der Waals surface area contributed by atoms with Gasteiger partial charge in [-0.05, 0) is 37.1 Å². The largest absolute Gasteiger partial charge is 0.480 e. The number of carboxylic acids is 1. The van der Waals surface area contributed by atoms with Crippen molar-refractivity contribution in [3.63, 3.8) is 0 Å². The summed E-state index contributed by atoms with van der Waals surface area (Å²) < 4.78 is 0. The zero-order valence-electron chi connectivity index (χ0n) is 11.7. The fraction of sp³-hybridized carbons (Fsp3) is 0.533. The average Bonchev–Trinajstić information content (AvgIpc) is 2.39. The first-order valence-corrected chi connectivity index (χ1v) is 6.81. The van der Waals surface area contributed by atoms with Crippen LogP contribution in [0.3, 0.4) is 0 Å². The Bertz CT molecular complexity index is 428. The number of hydrogen-bond acceptors (Lipinski definition) is 3. The van der Waals surface area contributed by atoms with E-state index in [2.05, 4.69) is 34.1 Å². The smallest absolute Gasteiger partial charge is 0.320 e. The molecule has 0 radical (unpaired) electrons. The van der Waals surface area contributed by atoms with Crippen molar-refractivity contribution in [3.8, 4) is 0 Å². The molecule has 1 heterocycles. The number of nitrogens with zero attached hydrogens (tertiary/aromatic N) is 2. The molecule has 2 rings (SSSR count). The Morgan fingerprint density at radius 1 is 1.32 bits per heavy atom. The molecule has 1 aromatic carbocycles. The van der Waals surface area contributed by atoms with Crippen LogP contribution in [0.4, 0.5) is 5.69 Å². The molecule has 1 aliphatic rings. The molecule has 1 N–H and O–H groups in total. The second-order valence-corrected chi connectivity index (χ2v) is 5.38. The highest BCUT2D eigenvalue weighted by atomic mass is 16.4. The van der Waals surface area contributed by atoms with Gasteiger partial charge in [0.2, 0.25) is 0 Å². The monoisotopic (exact) mass is 262 g/mol. The van der Waals surface area contributed by atoms with Crippen molar-refractivity contribution < 1.29 is 9.90 Å². The Balaban J connectivity index is 2.04. The standard InChI is InChI=1S/C15H22N2O2/c1-16(2)13-8-6-12(7-9-13)11-17-10-4-3-5-14(17)15(18)19/h6-9,14H,3-5,10-11H2,1-2H3,(H,18,19). The first-order valence-electron chi connectivity index (χ1n) is 6.81. The Hall–Kier alpha value is -1.55. The molecule has 4 heteroatoms. The minimum absolute atomic E-state index is 0.317. The van der Waals surface area contributed by atoms with Gasteiger partial charge in [-0.1, -0.05) is 18.6 Å². The lowest BCUT2D eigenvalue weighted by molar-refractivity contribution is -0.144. The molecule has 0 amide bonds. The van der Waals surface area contributed by atoms with Crippen molar-refractivity contribution in [2.45, 2.75) is 31.8 Å². The molecule has 0 saturated carbocycles. The Kier molecular flexibility index (Phi) is 4.43. The third-order valence-electron chi connectivity index (χ3n) is 3.74. The van der Waals surface area contributed by atoms with Gasteiger partial charge in [0.05, 0.1) is 0 Å². The molecule has 1 fully saturated rings. The van der Waals surface area contributed by atoms with E-state index in [1.807, 2.05) is 14.1 Å². The van der Waals surface area contributed by atoms with Crippen molar-refractivity contribution >= 4 is 11.7 Å². The first kappa shape index (κ1) is 13.9. The minimum Gasteiger partial charge on any atom is -0.480 e. The fourth-order valence-corrected chi connectivity index (χ4v) is 2.59. The summed E-state index contributed by atoms with van der Waals surface area (Å²) in [5, 5.41) is 9.26. The molecule has 1 saturated heterocycles. The van der Waals surface area contributed by atoms with Gasteiger partial charge >= 0.3 is 5.97 Å². The van der Waals surface area contributed by atoms with E-state index in [0.29, 0.717) is 0 Å². The predicted octanol–water partition coefficient (Wildman–Crippen LogP) is 2.19. The normalized spacial score (nSPS) is 20.2. The fourth-order valence-electron chi connectivity index (χ4n) is 2.59. The van der Waals surface area contributed by atoms with Gasteiger partial charge in [0.15, 0.2) is 0 Å². The molecule has 1 aliphatic heterocycles. The zero-order chi connectivity index (χ0) is 13.8. The highest BCUT2D eigenvalue weighted by Crippen LogP contribution is 2.21. The maximum Gasteiger partial charge on any atom is 0.320 e. The molecule has 19 heavy (non-hydrogen) atoms. The van der Waals surface area contributed by atoms with Crippen LogP contribution in [-0.2, 0) is 11.3 Å². The maximum absolute atomic E-state index is 11.3. The Labute approximate surface area is 114 Å². The summed E-state index contributed by atoms with van der Waals surface area (Å²) in [4.78, 5) is 15.4. The van der Waals surface area contributed by atoms with Crippen molar-refractivity contribution in [2.75, 3.05) is 25.5 Å². The van der Waals surface area contributed by atoms with Gasteiger partial charge in [-0.15, -0.1) is 0 Å². The third-order valence-corrected chi connectivity index (χ3v) is 3.74. The van der Waals surface area contributed by atoms with E-state index < -0.39 is 5.97 Å². The molecule has 104 valence electrons. The second kappa shape index (κ2) is 6.06. The van der Waals surface area contributed by atoms with E-state index in [1.165, 1.54) is 5.56 Å². The summed E-state index contributed by atoms with van der Waals surface area (Å²) in [6.07, 6.45) is 2.89. The number of hydrogen-bond donors (Lipinski definition) is 1. The van der Waals surface area contributed by atoms with Gasteiger partial charge in [-0.25, -0.2) is 0 Å². The van der Waals surface area contributed by atoms with E-state index in [1.54, 1.807) is 0 Å². The summed E-state index contributed by atoms with van der Waals surface area (Å²) >= 11 is 0. The van der Waals surface area contributed by atoms with Crippen LogP contribution >= 0.6 is 0 Å². The van der Waals surface area contributed by atoms with Crippen molar-refractivity contribution in [3.05, 3.63) is 29.8 Å². The van der Waals surface area contributed by atoms with E-state index in [9.17, 15) is 9.90 Å². The Morgan fingerprint density at radius 2 is 2.00 bits per heavy atom. The van der Waals surface area contributed by atoms with E-state index in [0.717, 1.165) is 38.0 Å². The van der Waals surface area contributed by atoms with Crippen LogP contribution in [0.25, 0.3) is 0 Å². The number of aliphatic carboxylic acids is 1. The molecule has 0 bridgehead atoms. The predicted molar refractivity (Wildman–Crippen MR) is 76.5 cm³/mol. The molecule has 1 atom stereocenters. The first-order chi connectivity index (χ1) is 9.08. The van der Waals surface area contributed by atoms with E-state index >= 15 is 0 Å². The number of piperidine rings is 1.